The van der Waals surface area contributed by atoms with Gasteiger partial charge in [-0.05, 0) is 38.5 Å². The van der Waals surface area contributed by atoms with E-state index in [2.05, 4.69) is 5.32 Å². The molecule has 0 heterocycles. The maximum absolute atomic E-state index is 11.7. The SMILES string of the molecule is CCOCCCNC(=O)CC1CCCC(N)C1. The Hall–Kier alpha value is -0.610. The second kappa shape index (κ2) is 8.48. The maximum atomic E-state index is 11.7. The van der Waals surface area contributed by atoms with Gasteiger partial charge in [0, 0.05) is 32.2 Å². The minimum atomic E-state index is 0.167. The topological polar surface area (TPSA) is 64.3 Å². The summed E-state index contributed by atoms with van der Waals surface area (Å²) >= 11 is 0. The fourth-order valence-corrected chi connectivity index (χ4v) is 2.40. The molecule has 100 valence electrons. The average molecular weight is 242 g/mol. The second-order valence-electron chi connectivity index (χ2n) is 4.90. The lowest BCUT2D eigenvalue weighted by Gasteiger charge is -2.26. The number of carbonyl (C=O) groups is 1. The van der Waals surface area contributed by atoms with Crippen LogP contribution in [0.2, 0.25) is 0 Å². The molecule has 1 aliphatic carbocycles. The first-order valence-electron chi connectivity index (χ1n) is 6.82. The van der Waals surface area contributed by atoms with Crippen LogP contribution in [0.1, 0.15) is 45.4 Å². The Labute approximate surface area is 104 Å². The molecule has 0 aliphatic heterocycles. The summed E-state index contributed by atoms with van der Waals surface area (Å²) in [5.41, 5.74) is 5.91. The van der Waals surface area contributed by atoms with E-state index in [1.54, 1.807) is 0 Å². The Morgan fingerprint density at radius 3 is 3.00 bits per heavy atom. The lowest BCUT2D eigenvalue weighted by Crippen LogP contribution is -2.32. The zero-order valence-electron chi connectivity index (χ0n) is 10.9. The number of hydrogen-bond acceptors (Lipinski definition) is 3. The van der Waals surface area contributed by atoms with Crippen LogP contribution >= 0.6 is 0 Å². The molecule has 0 aromatic heterocycles. The highest BCUT2D eigenvalue weighted by Crippen LogP contribution is 2.25. The molecule has 2 atom stereocenters. The molecule has 0 radical (unpaired) electrons. The Kier molecular flexibility index (Phi) is 7.21. The molecule has 2 unspecified atom stereocenters. The van der Waals surface area contributed by atoms with E-state index in [0.717, 1.165) is 45.4 Å². The summed E-state index contributed by atoms with van der Waals surface area (Å²) in [5.74, 6) is 0.659. The van der Waals surface area contributed by atoms with E-state index in [0.29, 0.717) is 18.4 Å². The van der Waals surface area contributed by atoms with Crippen molar-refractivity contribution in [2.75, 3.05) is 19.8 Å². The quantitative estimate of drug-likeness (QED) is 0.664. The number of nitrogens with one attached hydrogen (secondary N) is 1. The van der Waals surface area contributed by atoms with Gasteiger partial charge >= 0.3 is 0 Å². The molecule has 0 spiro atoms. The Morgan fingerprint density at radius 1 is 1.47 bits per heavy atom. The standard InChI is InChI=1S/C13H26N2O2/c1-2-17-8-4-7-15-13(16)10-11-5-3-6-12(14)9-11/h11-12H,2-10,14H2,1H3,(H,15,16). The van der Waals surface area contributed by atoms with Crippen molar-refractivity contribution < 1.29 is 9.53 Å². The predicted molar refractivity (Wildman–Crippen MR) is 68.7 cm³/mol. The molecule has 0 aromatic rings. The first-order valence-corrected chi connectivity index (χ1v) is 6.82. The van der Waals surface area contributed by atoms with E-state index in [-0.39, 0.29) is 5.91 Å². The summed E-state index contributed by atoms with van der Waals surface area (Å²) in [5, 5.41) is 2.94. The van der Waals surface area contributed by atoms with Crippen molar-refractivity contribution in [2.45, 2.75) is 51.5 Å². The van der Waals surface area contributed by atoms with Crippen molar-refractivity contribution in [1.82, 2.24) is 5.32 Å². The highest BCUT2D eigenvalue weighted by molar-refractivity contribution is 5.76. The molecular weight excluding hydrogens is 216 g/mol. The van der Waals surface area contributed by atoms with Crippen LogP contribution < -0.4 is 11.1 Å². The Morgan fingerprint density at radius 2 is 2.29 bits per heavy atom. The van der Waals surface area contributed by atoms with E-state index in [1.807, 2.05) is 6.92 Å². The number of amides is 1. The van der Waals surface area contributed by atoms with Crippen molar-refractivity contribution in [2.24, 2.45) is 11.7 Å². The molecular formula is C13H26N2O2. The van der Waals surface area contributed by atoms with Gasteiger partial charge in [-0.15, -0.1) is 0 Å². The van der Waals surface area contributed by atoms with Crippen LogP contribution in [0.5, 0.6) is 0 Å². The van der Waals surface area contributed by atoms with Crippen LogP contribution in [0.3, 0.4) is 0 Å². The van der Waals surface area contributed by atoms with Gasteiger partial charge in [-0.2, -0.15) is 0 Å². The molecule has 1 aliphatic rings. The van der Waals surface area contributed by atoms with Gasteiger partial charge in [-0.3, -0.25) is 4.79 Å². The van der Waals surface area contributed by atoms with Crippen molar-refractivity contribution in [3.05, 3.63) is 0 Å². The fraction of sp³-hybridized carbons (Fsp3) is 0.923. The summed E-state index contributed by atoms with van der Waals surface area (Å²) in [7, 11) is 0. The van der Waals surface area contributed by atoms with Crippen molar-refractivity contribution >= 4 is 5.91 Å². The van der Waals surface area contributed by atoms with E-state index >= 15 is 0 Å². The number of carbonyl (C=O) groups excluding carboxylic acids is 1. The van der Waals surface area contributed by atoms with E-state index in [1.165, 1.54) is 6.42 Å². The molecule has 0 saturated heterocycles. The van der Waals surface area contributed by atoms with Crippen LogP contribution in [0, 0.1) is 5.92 Å². The third-order valence-corrected chi connectivity index (χ3v) is 3.29. The Bertz CT molecular complexity index is 221. The first-order chi connectivity index (χ1) is 8.22. The van der Waals surface area contributed by atoms with E-state index in [4.69, 9.17) is 10.5 Å². The maximum Gasteiger partial charge on any atom is 0.220 e. The minimum absolute atomic E-state index is 0.167. The van der Waals surface area contributed by atoms with Crippen LogP contribution in [0.25, 0.3) is 0 Å². The third-order valence-electron chi connectivity index (χ3n) is 3.29. The summed E-state index contributed by atoms with van der Waals surface area (Å²) in [6.45, 7) is 4.17. The summed E-state index contributed by atoms with van der Waals surface area (Å²) in [6.07, 6.45) is 5.98. The molecule has 0 aromatic carbocycles. The highest BCUT2D eigenvalue weighted by Gasteiger charge is 2.21. The van der Waals surface area contributed by atoms with Crippen LogP contribution in [-0.4, -0.2) is 31.7 Å². The zero-order valence-corrected chi connectivity index (χ0v) is 10.9. The van der Waals surface area contributed by atoms with Gasteiger partial charge in [-0.25, -0.2) is 0 Å². The van der Waals surface area contributed by atoms with E-state index < -0.39 is 0 Å². The van der Waals surface area contributed by atoms with Gasteiger partial charge < -0.3 is 15.8 Å². The number of ether oxygens (including phenoxy) is 1. The van der Waals surface area contributed by atoms with Gasteiger partial charge in [0.25, 0.3) is 0 Å². The summed E-state index contributed by atoms with van der Waals surface area (Å²) in [4.78, 5) is 11.7. The lowest BCUT2D eigenvalue weighted by atomic mass is 9.84. The molecule has 17 heavy (non-hydrogen) atoms. The number of rotatable bonds is 7. The number of hydrogen-bond donors (Lipinski definition) is 2. The van der Waals surface area contributed by atoms with Crippen LogP contribution in [-0.2, 0) is 9.53 Å². The first kappa shape index (κ1) is 14.5. The Balaban J connectivity index is 2.04. The zero-order chi connectivity index (χ0) is 12.5. The molecule has 0 bridgehead atoms. The lowest BCUT2D eigenvalue weighted by molar-refractivity contribution is -0.122. The molecule has 1 saturated carbocycles. The van der Waals surface area contributed by atoms with Crippen molar-refractivity contribution in [3.63, 3.8) is 0 Å². The highest BCUT2D eigenvalue weighted by atomic mass is 16.5. The molecule has 4 heteroatoms. The monoisotopic (exact) mass is 242 g/mol. The average Bonchev–Trinajstić information content (AvgIpc) is 2.29. The van der Waals surface area contributed by atoms with Crippen molar-refractivity contribution in [1.29, 1.82) is 0 Å². The predicted octanol–water partition coefficient (Wildman–Crippen LogP) is 1.44. The molecule has 4 nitrogen and oxygen atoms in total. The second-order valence-corrected chi connectivity index (χ2v) is 4.90. The van der Waals surface area contributed by atoms with Gasteiger partial charge in [-0.1, -0.05) is 6.42 Å². The van der Waals surface area contributed by atoms with Gasteiger partial charge in [0.05, 0.1) is 0 Å². The molecule has 1 amide bonds. The van der Waals surface area contributed by atoms with Crippen LogP contribution in [0.4, 0.5) is 0 Å². The van der Waals surface area contributed by atoms with Gasteiger partial charge in [0.2, 0.25) is 5.91 Å². The fourth-order valence-electron chi connectivity index (χ4n) is 2.40. The molecule has 1 fully saturated rings. The smallest absolute Gasteiger partial charge is 0.220 e. The largest absolute Gasteiger partial charge is 0.382 e. The third kappa shape index (κ3) is 6.64. The summed E-state index contributed by atoms with van der Waals surface area (Å²) < 4.78 is 5.21. The number of nitrogens with two attached hydrogens (primary N) is 1. The normalized spacial score (nSPS) is 24.6. The van der Waals surface area contributed by atoms with Gasteiger partial charge in [0.15, 0.2) is 0 Å². The molecule has 3 N–H and O–H groups in total. The summed E-state index contributed by atoms with van der Waals surface area (Å²) in [6, 6.07) is 0.305. The minimum Gasteiger partial charge on any atom is -0.382 e. The van der Waals surface area contributed by atoms with E-state index in [9.17, 15) is 4.79 Å². The van der Waals surface area contributed by atoms with Crippen LogP contribution in [0.15, 0.2) is 0 Å². The van der Waals surface area contributed by atoms with Gasteiger partial charge in [0.1, 0.15) is 0 Å². The molecule has 1 rings (SSSR count). The van der Waals surface area contributed by atoms with Crippen molar-refractivity contribution in [3.8, 4) is 0 Å².